The number of nitrogens with zero attached hydrogens (tertiary/aromatic N) is 3. The summed E-state index contributed by atoms with van der Waals surface area (Å²) in [6.45, 7) is 5.46. The van der Waals surface area contributed by atoms with Gasteiger partial charge in [0.2, 0.25) is 10.0 Å². The SMILES string of the molecule is CC1CC(C)(CS(=O)(=O)N2CC(n3ccnc3)C2)C1. The lowest BCUT2D eigenvalue weighted by molar-refractivity contribution is 0.110. The number of imidazole rings is 1. The molecule has 2 fully saturated rings. The van der Waals surface area contributed by atoms with Crippen LogP contribution in [0.1, 0.15) is 32.7 Å². The Hall–Kier alpha value is -0.880. The number of hydrogen-bond donors (Lipinski definition) is 0. The quantitative estimate of drug-likeness (QED) is 0.841. The molecule has 3 rings (SSSR count). The lowest BCUT2D eigenvalue weighted by Crippen LogP contribution is -2.53. The number of rotatable bonds is 4. The molecular formula is C13H21N3O2S. The van der Waals surface area contributed by atoms with Gasteiger partial charge in [-0.15, -0.1) is 0 Å². The Morgan fingerprint density at radius 2 is 2.05 bits per heavy atom. The molecule has 0 atom stereocenters. The Kier molecular flexibility index (Phi) is 2.98. The molecule has 1 aromatic rings. The molecule has 2 heterocycles. The normalized spacial score (nSPS) is 32.8. The van der Waals surface area contributed by atoms with Crippen LogP contribution < -0.4 is 0 Å². The summed E-state index contributed by atoms with van der Waals surface area (Å²) in [5.41, 5.74) is -0.00164. The molecule has 5 nitrogen and oxygen atoms in total. The van der Waals surface area contributed by atoms with Crippen molar-refractivity contribution in [3.63, 3.8) is 0 Å². The van der Waals surface area contributed by atoms with E-state index in [9.17, 15) is 8.42 Å². The van der Waals surface area contributed by atoms with E-state index in [0.29, 0.717) is 24.8 Å². The zero-order valence-corrected chi connectivity index (χ0v) is 12.3. The van der Waals surface area contributed by atoms with E-state index in [1.807, 2.05) is 10.8 Å². The van der Waals surface area contributed by atoms with E-state index in [4.69, 9.17) is 0 Å². The van der Waals surface area contributed by atoms with E-state index < -0.39 is 10.0 Å². The second kappa shape index (κ2) is 4.31. The zero-order chi connectivity index (χ0) is 13.7. The van der Waals surface area contributed by atoms with E-state index in [2.05, 4.69) is 18.8 Å². The lowest BCUT2D eigenvalue weighted by atomic mass is 9.65. The second-order valence-electron chi connectivity index (χ2n) is 6.56. The predicted octanol–water partition coefficient (Wildman–Crippen LogP) is 1.51. The van der Waals surface area contributed by atoms with Crippen molar-refractivity contribution in [1.29, 1.82) is 0 Å². The molecule has 0 spiro atoms. The number of aromatic nitrogens is 2. The number of hydrogen-bond acceptors (Lipinski definition) is 3. The van der Waals surface area contributed by atoms with Crippen molar-refractivity contribution in [2.24, 2.45) is 11.3 Å². The highest BCUT2D eigenvalue weighted by Gasteiger charge is 2.45. The summed E-state index contributed by atoms with van der Waals surface area (Å²) in [4.78, 5) is 4.00. The zero-order valence-electron chi connectivity index (χ0n) is 11.5. The molecule has 0 N–H and O–H groups in total. The third kappa shape index (κ3) is 2.43. The van der Waals surface area contributed by atoms with Gasteiger partial charge >= 0.3 is 0 Å². The van der Waals surface area contributed by atoms with Gasteiger partial charge in [0, 0.05) is 25.5 Å². The molecule has 2 aliphatic rings. The van der Waals surface area contributed by atoms with Crippen molar-refractivity contribution >= 4 is 10.0 Å². The van der Waals surface area contributed by atoms with Gasteiger partial charge in [-0.1, -0.05) is 13.8 Å². The maximum absolute atomic E-state index is 12.3. The molecule has 6 heteroatoms. The molecule has 19 heavy (non-hydrogen) atoms. The third-order valence-electron chi connectivity index (χ3n) is 4.38. The van der Waals surface area contributed by atoms with E-state index in [1.54, 1.807) is 16.8 Å². The predicted molar refractivity (Wildman–Crippen MR) is 73.1 cm³/mol. The van der Waals surface area contributed by atoms with Crippen LogP contribution in [-0.4, -0.2) is 41.1 Å². The largest absolute Gasteiger partial charge is 0.332 e. The Bertz CT molecular complexity index is 540. The maximum atomic E-state index is 12.3. The summed E-state index contributed by atoms with van der Waals surface area (Å²) < 4.78 is 28.3. The van der Waals surface area contributed by atoms with Gasteiger partial charge in [0.15, 0.2) is 0 Å². The highest BCUT2D eigenvalue weighted by Crippen LogP contribution is 2.46. The first-order chi connectivity index (χ1) is 8.88. The highest BCUT2D eigenvalue weighted by molar-refractivity contribution is 7.89. The third-order valence-corrected chi connectivity index (χ3v) is 6.53. The van der Waals surface area contributed by atoms with Gasteiger partial charge in [-0.2, -0.15) is 4.31 Å². The maximum Gasteiger partial charge on any atom is 0.214 e. The van der Waals surface area contributed by atoms with Gasteiger partial charge < -0.3 is 4.57 Å². The van der Waals surface area contributed by atoms with Crippen LogP contribution in [0.5, 0.6) is 0 Å². The first-order valence-electron chi connectivity index (χ1n) is 6.83. The molecule has 0 radical (unpaired) electrons. The van der Waals surface area contributed by atoms with E-state index in [0.717, 1.165) is 12.8 Å². The Labute approximate surface area is 114 Å². The summed E-state index contributed by atoms with van der Waals surface area (Å²) in [6, 6.07) is 0.255. The lowest BCUT2D eigenvalue weighted by Gasteiger charge is -2.46. The van der Waals surface area contributed by atoms with Gasteiger partial charge in [-0.3, -0.25) is 0 Å². The Morgan fingerprint density at radius 3 is 2.58 bits per heavy atom. The van der Waals surface area contributed by atoms with Crippen LogP contribution in [0.3, 0.4) is 0 Å². The van der Waals surface area contributed by atoms with Crippen LogP contribution in [0.2, 0.25) is 0 Å². The minimum absolute atomic E-state index is 0.00164. The Balaban J connectivity index is 1.58. The monoisotopic (exact) mass is 283 g/mol. The standard InChI is InChI=1S/C13H21N3O2S/c1-11-5-13(2,6-11)9-19(17,18)16-7-12(8-16)15-4-3-14-10-15/h3-4,10-12H,5-9H2,1-2H3. The van der Waals surface area contributed by atoms with Gasteiger partial charge in [0.05, 0.1) is 18.1 Å². The second-order valence-corrected chi connectivity index (χ2v) is 8.53. The van der Waals surface area contributed by atoms with Crippen molar-refractivity contribution in [2.45, 2.75) is 32.7 Å². The fraction of sp³-hybridized carbons (Fsp3) is 0.769. The van der Waals surface area contributed by atoms with Crippen molar-refractivity contribution in [3.8, 4) is 0 Å². The molecule has 1 aromatic heterocycles. The molecule has 0 bridgehead atoms. The van der Waals surface area contributed by atoms with Crippen LogP contribution in [0.4, 0.5) is 0 Å². The van der Waals surface area contributed by atoms with Crippen molar-refractivity contribution < 1.29 is 8.42 Å². The molecule has 1 saturated carbocycles. The smallest absolute Gasteiger partial charge is 0.214 e. The average Bonchev–Trinajstić information content (AvgIpc) is 2.64. The van der Waals surface area contributed by atoms with Crippen molar-refractivity contribution in [2.75, 3.05) is 18.8 Å². The minimum Gasteiger partial charge on any atom is -0.332 e. The summed E-state index contributed by atoms with van der Waals surface area (Å²) in [7, 11) is -3.09. The van der Waals surface area contributed by atoms with Crippen molar-refractivity contribution in [3.05, 3.63) is 18.7 Å². The topological polar surface area (TPSA) is 55.2 Å². The summed E-state index contributed by atoms with van der Waals surface area (Å²) in [5.74, 6) is 0.983. The number of sulfonamides is 1. The van der Waals surface area contributed by atoms with Crippen LogP contribution in [-0.2, 0) is 10.0 Å². The molecule has 1 aliphatic heterocycles. The van der Waals surface area contributed by atoms with Crippen molar-refractivity contribution in [1.82, 2.24) is 13.9 Å². The molecule has 1 aliphatic carbocycles. The van der Waals surface area contributed by atoms with E-state index >= 15 is 0 Å². The summed E-state index contributed by atoms with van der Waals surface area (Å²) in [6.07, 6.45) is 7.44. The summed E-state index contributed by atoms with van der Waals surface area (Å²) in [5, 5.41) is 0. The Morgan fingerprint density at radius 1 is 1.37 bits per heavy atom. The minimum atomic E-state index is -3.09. The molecule has 0 amide bonds. The first kappa shape index (κ1) is 13.1. The van der Waals surface area contributed by atoms with Crippen LogP contribution in [0.15, 0.2) is 18.7 Å². The van der Waals surface area contributed by atoms with E-state index in [1.165, 1.54) is 0 Å². The van der Waals surface area contributed by atoms with Gasteiger partial charge in [0.1, 0.15) is 0 Å². The van der Waals surface area contributed by atoms with Crippen LogP contribution in [0.25, 0.3) is 0 Å². The highest BCUT2D eigenvalue weighted by atomic mass is 32.2. The average molecular weight is 283 g/mol. The van der Waals surface area contributed by atoms with E-state index in [-0.39, 0.29) is 11.5 Å². The molecule has 0 aromatic carbocycles. The summed E-state index contributed by atoms with van der Waals surface area (Å²) >= 11 is 0. The van der Waals surface area contributed by atoms with Gasteiger partial charge in [-0.05, 0) is 24.2 Å². The van der Waals surface area contributed by atoms with Gasteiger partial charge in [0.25, 0.3) is 0 Å². The first-order valence-corrected chi connectivity index (χ1v) is 8.44. The fourth-order valence-corrected chi connectivity index (χ4v) is 5.69. The molecule has 1 saturated heterocycles. The molecule has 0 unspecified atom stereocenters. The molecule has 106 valence electrons. The van der Waals surface area contributed by atoms with Gasteiger partial charge in [-0.25, -0.2) is 13.4 Å². The fourth-order valence-electron chi connectivity index (χ4n) is 3.59. The van der Waals surface area contributed by atoms with Crippen LogP contribution >= 0.6 is 0 Å². The molecular weight excluding hydrogens is 262 g/mol. The van der Waals surface area contributed by atoms with Crippen LogP contribution in [0, 0.1) is 11.3 Å².